The second-order valence-corrected chi connectivity index (χ2v) is 6.92. The van der Waals surface area contributed by atoms with Crippen LogP contribution in [0, 0.1) is 11.8 Å². The molecule has 108 valence electrons. The van der Waals surface area contributed by atoms with Crippen LogP contribution in [0.4, 0.5) is 0 Å². The lowest BCUT2D eigenvalue weighted by molar-refractivity contribution is 0.0932. The van der Waals surface area contributed by atoms with Crippen molar-refractivity contribution in [1.29, 1.82) is 0 Å². The van der Waals surface area contributed by atoms with Crippen molar-refractivity contribution in [1.82, 2.24) is 0 Å². The number of aliphatic hydroxyl groups excluding tert-OH is 1. The van der Waals surface area contributed by atoms with E-state index < -0.39 is 0 Å². The smallest absolute Gasteiger partial charge is 0.0611 e. The van der Waals surface area contributed by atoms with Gasteiger partial charge in [0, 0.05) is 0 Å². The largest absolute Gasteiger partial charge is 0.392 e. The van der Waals surface area contributed by atoms with E-state index in [4.69, 9.17) is 0 Å². The van der Waals surface area contributed by atoms with E-state index in [0.717, 1.165) is 19.3 Å². The Morgan fingerprint density at radius 1 is 1.25 bits per heavy atom. The molecule has 1 aromatic carbocycles. The quantitative estimate of drug-likeness (QED) is 0.821. The Balaban J connectivity index is 1.67. The lowest BCUT2D eigenvalue weighted by Gasteiger charge is -2.29. The number of rotatable bonds is 3. The summed E-state index contributed by atoms with van der Waals surface area (Å²) in [5.41, 5.74) is 5.80. The minimum absolute atomic E-state index is 0.194. The third-order valence-corrected chi connectivity index (χ3v) is 4.98. The first-order valence-electron chi connectivity index (χ1n) is 8.08. The summed E-state index contributed by atoms with van der Waals surface area (Å²) in [7, 11) is 0. The molecule has 0 aliphatic heterocycles. The third kappa shape index (κ3) is 2.98. The highest BCUT2D eigenvalue weighted by Gasteiger charge is 2.25. The molecule has 1 aromatic rings. The maximum absolute atomic E-state index is 10.6. The average molecular weight is 270 g/mol. The molecule has 1 N–H and O–H groups in total. The molecule has 2 aliphatic carbocycles. The fraction of sp³-hybridized carbons (Fsp3) is 0.579. The minimum Gasteiger partial charge on any atom is -0.392 e. The van der Waals surface area contributed by atoms with Crippen molar-refractivity contribution < 1.29 is 5.11 Å². The highest BCUT2D eigenvalue weighted by Crippen LogP contribution is 2.32. The van der Waals surface area contributed by atoms with Crippen molar-refractivity contribution in [2.24, 2.45) is 11.8 Å². The molecule has 3 atom stereocenters. The number of aliphatic hydroxyl groups is 1. The van der Waals surface area contributed by atoms with Crippen LogP contribution in [0.5, 0.6) is 0 Å². The summed E-state index contributed by atoms with van der Waals surface area (Å²) in [4.78, 5) is 0. The van der Waals surface area contributed by atoms with Gasteiger partial charge in [0.15, 0.2) is 0 Å². The number of aryl methyl sites for hydroxylation is 2. The zero-order chi connectivity index (χ0) is 14.1. The van der Waals surface area contributed by atoms with E-state index in [1.54, 1.807) is 0 Å². The van der Waals surface area contributed by atoms with Crippen molar-refractivity contribution in [3.63, 3.8) is 0 Å². The van der Waals surface area contributed by atoms with Gasteiger partial charge in [0.05, 0.1) is 6.10 Å². The molecule has 0 fully saturated rings. The molecule has 1 nitrogen and oxygen atoms in total. The Hall–Kier alpha value is -1.08. The van der Waals surface area contributed by atoms with Crippen molar-refractivity contribution in [3.8, 4) is 0 Å². The molecule has 0 amide bonds. The van der Waals surface area contributed by atoms with E-state index in [2.05, 4.69) is 38.1 Å². The second-order valence-electron chi connectivity index (χ2n) is 6.92. The second kappa shape index (κ2) is 5.73. The molecule has 0 aromatic heterocycles. The van der Waals surface area contributed by atoms with Crippen LogP contribution in [0.25, 0.3) is 0 Å². The molecule has 3 unspecified atom stereocenters. The van der Waals surface area contributed by atoms with E-state index in [-0.39, 0.29) is 6.10 Å². The molecule has 0 radical (unpaired) electrons. The van der Waals surface area contributed by atoms with Gasteiger partial charge in [0.1, 0.15) is 0 Å². The molecule has 0 heterocycles. The average Bonchev–Trinajstić information content (AvgIpc) is 2.85. The summed E-state index contributed by atoms with van der Waals surface area (Å²) in [6.45, 7) is 4.46. The first-order valence-corrected chi connectivity index (χ1v) is 8.08. The van der Waals surface area contributed by atoms with Crippen molar-refractivity contribution in [2.75, 3.05) is 0 Å². The Kier molecular flexibility index (Phi) is 3.98. The Bertz CT molecular complexity index is 514. The van der Waals surface area contributed by atoms with E-state index in [1.807, 2.05) is 0 Å². The van der Waals surface area contributed by atoms with Crippen molar-refractivity contribution in [2.45, 2.75) is 58.5 Å². The summed E-state index contributed by atoms with van der Waals surface area (Å²) in [5, 5.41) is 10.6. The van der Waals surface area contributed by atoms with Gasteiger partial charge in [0.2, 0.25) is 0 Å². The molecule has 1 heteroatoms. The Morgan fingerprint density at radius 2 is 2.05 bits per heavy atom. The normalized spacial score (nSPS) is 27.1. The number of hydrogen-bond donors (Lipinski definition) is 1. The van der Waals surface area contributed by atoms with Crippen LogP contribution < -0.4 is 0 Å². The summed E-state index contributed by atoms with van der Waals surface area (Å²) in [6, 6.07) is 6.84. The van der Waals surface area contributed by atoms with Gasteiger partial charge >= 0.3 is 0 Å². The summed E-state index contributed by atoms with van der Waals surface area (Å²) in [6.07, 6.45) is 8.94. The van der Waals surface area contributed by atoms with Gasteiger partial charge in [-0.05, 0) is 74.0 Å². The standard InChI is InChI=1S/C19H26O/c1-13-8-14(2)10-18(9-13)19(20)12-15-6-7-16-4-3-5-17(16)11-15/h6-8,11,13,18-20H,3-5,9-10,12H2,1-2H3. The first kappa shape index (κ1) is 13.9. The Morgan fingerprint density at radius 3 is 2.85 bits per heavy atom. The highest BCUT2D eigenvalue weighted by atomic mass is 16.3. The van der Waals surface area contributed by atoms with E-state index >= 15 is 0 Å². The maximum Gasteiger partial charge on any atom is 0.0611 e. The minimum atomic E-state index is -0.194. The molecule has 3 rings (SSSR count). The van der Waals surface area contributed by atoms with Gasteiger partial charge in [-0.1, -0.05) is 36.8 Å². The van der Waals surface area contributed by atoms with Gasteiger partial charge in [-0.3, -0.25) is 0 Å². The molecule has 0 saturated carbocycles. The number of fused-ring (bicyclic) bond motifs is 1. The van der Waals surface area contributed by atoms with Crippen LogP contribution in [0.3, 0.4) is 0 Å². The van der Waals surface area contributed by atoms with Gasteiger partial charge in [-0.15, -0.1) is 0 Å². The monoisotopic (exact) mass is 270 g/mol. The van der Waals surface area contributed by atoms with Gasteiger partial charge < -0.3 is 5.11 Å². The van der Waals surface area contributed by atoms with Crippen LogP contribution in [0.2, 0.25) is 0 Å². The maximum atomic E-state index is 10.6. The molecule has 0 spiro atoms. The molecule has 0 bridgehead atoms. The van der Waals surface area contributed by atoms with Gasteiger partial charge in [-0.2, -0.15) is 0 Å². The predicted molar refractivity (Wildman–Crippen MR) is 83.8 cm³/mol. The lowest BCUT2D eigenvalue weighted by Crippen LogP contribution is -2.27. The first-order chi connectivity index (χ1) is 9.61. The topological polar surface area (TPSA) is 20.2 Å². The van der Waals surface area contributed by atoms with Crippen LogP contribution in [-0.2, 0) is 19.3 Å². The van der Waals surface area contributed by atoms with Crippen LogP contribution in [0.1, 0.15) is 49.8 Å². The number of hydrogen-bond acceptors (Lipinski definition) is 1. The SMILES string of the molecule is CC1=CC(C)CC(C(O)Cc2ccc3c(c2)CCC3)C1. The molecule has 2 aliphatic rings. The summed E-state index contributed by atoms with van der Waals surface area (Å²) in [5.74, 6) is 1.05. The van der Waals surface area contributed by atoms with Crippen LogP contribution in [-0.4, -0.2) is 11.2 Å². The fourth-order valence-corrected chi connectivity index (χ4v) is 4.05. The number of allylic oxidation sites excluding steroid dienone is 2. The summed E-state index contributed by atoms with van der Waals surface area (Å²) < 4.78 is 0. The lowest BCUT2D eigenvalue weighted by atomic mass is 9.79. The molecule has 20 heavy (non-hydrogen) atoms. The van der Waals surface area contributed by atoms with Gasteiger partial charge in [-0.25, -0.2) is 0 Å². The molecular formula is C19H26O. The van der Waals surface area contributed by atoms with Crippen LogP contribution in [0.15, 0.2) is 29.8 Å². The van der Waals surface area contributed by atoms with Gasteiger partial charge in [0.25, 0.3) is 0 Å². The Labute approximate surface area is 122 Å². The molecule has 0 saturated heterocycles. The van der Waals surface area contributed by atoms with Crippen LogP contribution >= 0.6 is 0 Å². The zero-order valence-corrected chi connectivity index (χ0v) is 12.7. The van der Waals surface area contributed by atoms with E-state index in [0.29, 0.717) is 11.8 Å². The molecular weight excluding hydrogens is 244 g/mol. The number of benzene rings is 1. The van der Waals surface area contributed by atoms with Crippen molar-refractivity contribution >= 4 is 0 Å². The van der Waals surface area contributed by atoms with E-state index in [9.17, 15) is 5.11 Å². The predicted octanol–water partition coefficient (Wildman–Crippen LogP) is 4.07. The van der Waals surface area contributed by atoms with Crippen molar-refractivity contribution in [3.05, 3.63) is 46.5 Å². The summed E-state index contributed by atoms with van der Waals surface area (Å²) >= 11 is 0. The third-order valence-electron chi connectivity index (χ3n) is 4.98. The zero-order valence-electron chi connectivity index (χ0n) is 12.7. The fourth-order valence-electron chi connectivity index (χ4n) is 4.05. The van der Waals surface area contributed by atoms with E-state index in [1.165, 1.54) is 41.5 Å². The highest BCUT2D eigenvalue weighted by molar-refractivity contribution is 5.35.